The molecular formula is C22H30N2O. The number of rotatable bonds is 8. The van der Waals surface area contributed by atoms with Crippen molar-refractivity contribution in [1.29, 1.82) is 0 Å². The highest BCUT2D eigenvalue weighted by molar-refractivity contribution is 5.33. The first-order chi connectivity index (χ1) is 12.3. The molecule has 3 rings (SSSR count). The second-order valence-corrected chi connectivity index (χ2v) is 7.09. The Morgan fingerprint density at radius 2 is 1.68 bits per heavy atom. The summed E-state index contributed by atoms with van der Waals surface area (Å²) in [4.78, 5) is 2.51. The quantitative estimate of drug-likeness (QED) is 0.750. The number of hydrogen-bond donors (Lipinski definition) is 1. The topological polar surface area (TPSA) is 38.5 Å². The molecule has 25 heavy (non-hydrogen) atoms. The van der Waals surface area contributed by atoms with Crippen LogP contribution in [0.1, 0.15) is 37.7 Å². The zero-order valence-corrected chi connectivity index (χ0v) is 15.1. The van der Waals surface area contributed by atoms with E-state index < -0.39 is 0 Å². The largest absolute Gasteiger partial charge is 0.457 e. The van der Waals surface area contributed by atoms with E-state index in [1.807, 2.05) is 36.4 Å². The van der Waals surface area contributed by atoms with Crippen LogP contribution < -0.4 is 10.5 Å². The van der Waals surface area contributed by atoms with Gasteiger partial charge in [0.2, 0.25) is 0 Å². The van der Waals surface area contributed by atoms with E-state index in [4.69, 9.17) is 10.5 Å². The van der Waals surface area contributed by atoms with Crippen molar-refractivity contribution < 1.29 is 4.74 Å². The van der Waals surface area contributed by atoms with Crippen molar-refractivity contribution in [2.24, 2.45) is 11.7 Å². The SMILES string of the molecule is NCCN(Cc1cccc(Oc2ccccc2)c1)CC1CCCCC1. The molecule has 2 aromatic rings. The molecule has 0 aliphatic heterocycles. The van der Waals surface area contributed by atoms with E-state index in [1.165, 1.54) is 44.2 Å². The van der Waals surface area contributed by atoms with Gasteiger partial charge in [0, 0.05) is 26.2 Å². The van der Waals surface area contributed by atoms with Crippen molar-refractivity contribution in [3.05, 3.63) is 60.2 Å². The lowest BCUT2D eigenvalue weighted by Gasteiger charge is -2.29. The molecule has 1 saturated carbocycles. The van der Waals surface area contributed by atoms with Crippen LogP contribution in [0, 0.1) is 5.92 Å². The van der Waals surface area contributed by atoms with E-state index >= 15 is 0 Å². The summed E-state index contributed by atoms with van der Waals surface area (Å²) in [5.41, 5.74) is 7.14. The lowest BCUT2D eigenvalue weighted by atomic mass is 9.89. The molecule has 0 spiro atoms. The fraction of sp³-hybridized carbons (Fsp3) is 0.455. The first-order valence-electron chi connectivity index (χ1n) is 9.58. The Balaban J connectivity index is 1.61. The first-order valence-corrected chi connectivity index (χ1v) is 9.58. The summed E-state index contributed by atoms with van der Waals surface area (Å²) in [5.74, 6) is 2.61. The van der Waals surface area contributed by atoms with Gasteiger partial charge in [-0.3, -0.25) is 4.90 Å². The molecule has 3 heteroatoms. The zero-order valence-electron chi connectivity index (χ0n) is 15.1. The molecular weight excluding hydrogens is 308 g/mol. The molecule has 1 aliphatic carbocycles. The second-order valence-electron chi connectivity index (χ2n) is 7.09. The van der Waals surface area contributed by atoms with E-state index in [2.05, 4.69) is 23.1 Å². The number of nitrogens with two attached hydrogens (primary N) is 1. The molecule has 0 atom stereocenters. The average Bonchev–Trinajstić information content (AvgIpc) is 2.64. The Kier molecular flexibility index (Phi) is 6.89. The van der Waals surface area contributed by atoms with E-state index in [9.17, 15) is 0 Å². The monoisotopic (exact) mass is 338 g/mol. The summed E-state index contributed by atoms with van der Waals surface area (Å²) >= 11 is 0. The minimum absolute atomic E-state index is 0.715. The Bertz CT molecular complexity index is 623. The van der Waals surface area contributed by atoms with Crippen LogP contribution in [0.5, 0.6) is 11.5 Å². The second kappa shape index (κ2) is 9.59. The van der Waals surface area contributed by atoms with E-state index in [1.54, 1.807) is 0 Å². The predicted molar refractivity (Wildman–Crippen MR) is 104 cm³/mol. The molecule has 0 heterocycles. The number of ether oxygens (including phenoxy) is 1. The third kappa shape index (κ3) is 5.87. The van der Waals surface area contributed by atoms with Crippen LogP contribution in [0.4, 0.5) is 0 Å². The van der Waals surface area contributed by atoms with Crippen LogP contribution in [-0.2, 0) is 6.54 Å². The fourth-order valence-corrected chi connectivity index (χ4v) is 3.74. The number of benzene rings is 2. The van der Waals surface area contributed by atoms with Crippen LogP contribution in [0.15, 0.2) is 54.6 Å². The number of nitrogens with zero attached hydrogens (tertiary/aromatic N) is 1. The van der Waals surface area contributed by atoms with Crippen molar-refractivity contribution in [2.45, 2.75) is 38.6 Å². The lowest BCUT2D eigenvalue weighted by Crippen LogP contribution is -2.34. The van der Waals surface area contributed by atoms with Crippen molar-refractivity contribution in [1.82, 2.24) is 4.90 Å². The third-order valence-electron chi connectivity index (χ3n) is 4.97. The molecule has 0 bridgehead atoms. The summed E-state index contributed by atoms with van der Waals surface area (Å²) in [6.45, 7) is 3.79. The highest BCUT2D eigenvalue weighted by Gasteiger charge is 2.17. The third-order valence-corrected chi connectivity index (χ3v) is 4.97. The molecule has 0 unspecified atom stereocenters. The highest BCUT2D eigenvalue weighted by Crippen LogP contribution is 2.26. The Morgan fingerprint density at radius 1 is 0.920 bits per heavy atom. The van der Waals surface area contributed by atoms with E-state index in [0.717, 1.165) is 30.5 Å². The van der Waals surface area contributed by atoms with Gasteiger partial charge in [-0.2, -0.15) is 0 Å². The molecule has 134 valence electrons. The molecule has 1 fully saturated rings. The van der Waals surface area contributed by atoms with E-state index in [0.29, 0.717) is 6.54 Å². The minimum atomic E-state index is 0.715. The summed E-state index contributed by atoms with van der Waals surface area (Å²) in [5, 5.41) is 0. The smallest absolute Gasteiger partial charge is 0.127 e. The first kappa shape index (κ1) is 18.0. The van der Waals surface area contributed by atoms with Crippen molar-refractivity contribution in [2.75, 3.05) is 19.6 Å². The molecule has 0 aromatic heterocycles. The lowest BCUT2D eigenvalue weighted by molar-refractivity contribution is 0.198. The van der Waals surface area contributed by atoms with Crippen LogP contribution in [0.2, 0.25) is 0 Å². The Hall–Kier alpha value is -1.84. The van der Waals surface area contributed by atoms with Gasteiger partial charge in [0.05, 0.1) is 0 Å². The molecule has 0 radical (unpaired) electrons. The van der Waals surface area contributed by atoms with Gasteiger partial charge < -0.3 is 10.5 Å². The molecule has 2 N–H and O–H groups in total. The molecule has 3 nitrogen and oxygen atoms in total. The number of hydrogen-bond acceptors (Lipinski definition) is 3. The highest BCUT2D eigenvalue weighted by atomic mass is 16.5. The Labute approximate surface area is 151 Å². The standard InChI is InChI=1S/C22H30N2O/c23-14-15-24(17-19-8-3-1-4-9-19)18-20-10-7-13-22(16-20)25-21-11-5-2-6-12-21/h2,5-7,10-13,16,19H,1,3-4,8-9,14-15,17-18,23H2. The summed E-state index contributed by atoms with van der Waals surface area (Å²) in [7, 11) is 0. The average molecular weight is 338 g/mol. The van der Waals surface area contributed by atoms with Crippen LogP contribution in [-0.4, -0.2) is 24.5 Å². The summed E-state index contributed by atoms with van der Waals surface area (Å²) in [6, 6.07) is 18.4. The normalized spacial score (nSPS) is 15.4. The fourth-order valence-electron chi connectivity index (χ4n) is 3.74. The summed E-state index contributed by atoms with van der Waals surface area (Å²) in [6.07, 6.45) is 6.94. The maximum atomic E-state index is 5.97. The van der Waals surface area contributed by atoms with Crippen LogP contribution in [0.3, 0.4) is 0 Å². The summed E-state index contributed by atoms with van der Waals surface area (Å²) < 4.78 is 5.97. The van der Waals surface area contributed by atoms with Gasteiger partial charge in [0.1, 0.15) is 11.5 Å². The zero-order chi connectivity index (χ0) is 17.3. The van der Waals surface area contributed by atoms with Gasteiger partial charge in [-0.15, -0.1) is 0 Å². The molecule has 0 amide bonds. The van der Waals surface area contributed by atoms with Gasteiger partial charge in [-0.25, -0.2) is 0 Å². The van der Waals surface area contributed by atoms with Gasteiger partial charge >= 0.3 is 0 Å². The predicted octanol–water partition coefficient (Wildman–Crippen LogP) is 4.82. The van der Waals surface area contributed by atoms with Gasteiger partial charge in [0.15, 0.2) is 0 Å². The Morgan fingerprint density at radius 3 is 2.44 bits per heavy atom. The van der Waals surface area contributed by atoms with Crippen molar-refractivity contribution in [3.63, 3.8) is 0 Å². The van der Waals surface area contributed by atoms with Gasteiger partial charge in [-0.1, -0.05) is 49.6 Å². The van der Waals surface area contributed by atoms with Gasteiger partial charge in [-0.05, 0) is 48.6 Å². The molecule has 2 aromatic carbocycles. The van der Waals surface area contributed by atoms with Crippen LogP contribution >= 0.6 is 0 Å². The van der Waals surface area contributed by atoms with Gasteiger partial charge in [0.25, 0.3) is 0 Å². The number of para-hydroxylation sites is 1. The maximum absolute atomic E-state index is 5.97. The molecule has 0 saturated heterocycles. The minimum Gasteiger partial charge on any atom is -0.457 e. The van der Waals surface area contributed by atoms with Crippen LogP contribution in [0.25, 0.3) is 0 Å². The molecule has 1 aliphatic rings. The van der Waals surface area contributed by atoms with Crippen molar-refractivity contribution >= 4 is 0 Å². The van der Waals surface area contributed by atoms with Crippen molar-refractivity contribution in [3.8, 4) is 11.5 Å². The maximum Gasteiger partial charge on any atom is 0.127 e. The van der Waals surface area contributed by atoms with E-state index in [-0.39, 0.29) is 0 Å².